The third kappa shape index (κ3) is 3.68. The first-order valence-corrected chi connectivity index (χ1v) is 7.53. The fraction of sp³-hybridized carbons (Fsp3) is 0.312. The van der Waals surface area contributed by atoms with Gasteiger partial charge in [0, 0.05) is 17.0 Å². The number of hydrogen-bond acceptors (Lipinski definition) is 3. The van der Waals surface area contributed by atoms with Crippen LogP contribution in [0, 0.1) is 13.8 Å². The lowest BCUT2D eigenvalue weighted by atomic mass is 10.1. The fourth-order valence-electron chi connectivity index (χ4n) is 2.02. The van der Waals surface area contributed by atoms with Gasteiger partial charge in [-0.1, -0.05) is 23.8 Å². The van der Waals surface area contributed by atoms with Crippen molar-refractivity contribution in [1.82, 2.24) is 5.32 Å². The number of thiophene rings is 1. The largest absolute Gasteiger partial charge is 0.388 e. The number of nitrogens with one attached hydrogen (secondary N) is 1. The molecule has 2 N–H and O–H groups in total. The highest BCUT2D eigenvalue weighted by atomic mass is 32.1. The van der Waals surface area contributed by atoms with E-state index in [1.165, 1.54) is 11.3 Å². The van der Waals surface area contributed by atoms with E-state index < -0.39 is 6.10 Å². The van der Waals surface area contributed by atoms with Gasteiger partial charge in [-0.2, -0.15) is 0 Å². The summed E-state index contributed by atoms with van der Waals surface area (Å²) < 4.78 is 0. The Bertz CT molecular complexity index is 578. The van der Waals surface area contributed by atoms with E-state index in [1.807, 2.05) is 49.6 Å². The molecule has 106 valence electrons. The first-order valence-electron chi connectivity index (χ1n) is 6.65. The normalized spacial score (nSPS) is 12.2. The van der Waals surface area contributed by atoms with Crippen molar-refractivity contribution in [2.45, 2.75) is 26.4 Å². The Morgan fingerprint density at radius 1 is 1.35 bits per heavy atom. The number of aliphatic hydroxyl groups is 1. The van der Waals surface area contributed by atoms with Gasteiger partial charge in [-0.25, -0.2) is 0 Å². The lowest BCUT2D eigenvalue weighted by Crippen LogP contribution is -2.26. The summed E-state index contributed by atoms with van der Waals surface area (Å²) in [6, 6.07) is 9.65. The van der Waals surface area contributed by atoms with Gasteiger partial charge in [0.2, 0.25) is 0 Å². The van der Waals surface area contributed by atoms with Crippen LogP contribution in [0.25, 0.3) is 0 Å². The molecule has 1 aromatic heterocycles. The van der Waals surface area contributed by atoms with Crippen LogP contribution < -0.4 is 5.32 Å². The van der Waals surface area contributed by atoms with E-state index in [1.54, 1.807) is 0 Å². The van der Waals surface area contributed by atoms with E-state index in [9.17, 15) is 9.90 Å². The smallest absolute Gasteiger partial charge is 0.251 e. The Morgan fingerprint density at radius 3 is 2.85 bits per heavy atom. The molecular formula is C16H19NO2S. The number of rotatable bonds is 5. The summed E-state index contributed by atoms with van der Waals surface area (Å²) in [5, 5.41) is 14.8. The molecule has 1 amide bonds. The molecule has 0 aliphatic carbocycles. The van der Waals surface area contributed by atoms with Crippen LogP contribution in [-0.2, 0) is 0 Å². The molecule has 0 aliphatic rings. The molecule has 1 atom stereocenters. The fourth-order valence-corrected chi connectivity index (χ4v) is 2.77. The summed E-state index contributed by atoms with van der Waals surface area (Å²) >= 11 is 1.53. The van der Waals surface area contributed by atoms with Crippen LogP contribution in [0.3, 0.4) is 0 Å². The highest BCUT2D eigenvalue weighted by molar-refractivity contribution is 7.10. The molecule has 0 saturated carbocycles. The van der Waals surface area contributed by atoms with Gasteiger partial charge in [-0.05, 0) is 43.3 Å². The second-order valence-electron chi connectivity index (χ2n) is 4.89. The lowest BCUT2D eigenvalue weighted by molar-refractivity contribution is 0.0942. The molecule has 0 unspecified atom stereocenters. The molecule has 0 radical (unpaired) electrons. The number of aliphatic hydroxyl groups excluding tert-OH is 1. The maximum absolute atomic E-state index is 12.1. The highest BCUT2D eigenvalue weighted by Crippen LogP contribution is 2.21. The summed E-state index contributed by atoms with van der Waals surface area (Å²) in [4.78, 5) is 13.0. The van der Waals surface area contributed by atoms with Crippen LogP contribution in [0.2, 0.25) is 0 Å². The van der Waals surface area contributed by atoms with Crippen molar-refractivity contribution < 1.29 is 9.90 Å². The van der Waals surface area contributed by atoms with E-state index >= 15 is 0 Å². The van der Waals surface area contributed by atoms with E-state index in [-0.39, 0.29) is 5.91 Å². The van der Waals surface area contributed by atoms with Gasteiger partial charge in [0.15, 0.2) is 0 Å². The standard InChI is InChI=1S/C16H19NO2S/c1-11-5-6-12(2)13(10-11)16(19)17-8-7-14(18)15-4-3-9-20-15/h3-6,9-10,14,18H,7-8H2,1-2H3,(H,17,19)/t14-/m0/s1. The van der Waals surface area contributed by atoms with E-state index in [2.05, 4.69) is 5.32 Å². The van der Waals surface area contributed by atoms with Gasteiger partial charge in [-0.15, -0.1) is 11.3 Å². The number of carbonyl (C=O) groups is 1. The van der Waals surface area contributed by atoms with Crippen molar-refractivity contribution >= 4 is 17.2 Å². The Morgan fingerprint density at radius 2 is 2.15 bits per heavy atom. The number of aryl methyl sites for hydroxylation is 2. The van der Waals surface area contributed by atoms with Crippen LogP contribution in [0.1, 0.15) is 38.9 Å². The summed E-state index contributed by atoms with van der Waals surface area (Å²) in [5.41, 5.74) is 2.74. The minimum atomic E-state index is -0.506. The lowest BCUT2D eigenvalue weighted by Gasteiger charge is -2.11. The Balaban J connectivity index is 1.88. The second kappa shape index (κ2) is 6.68. The minimum Gasteiger partial charge on any atom is -0.388 e. The molecule has 0 spiro atoms. The maximum atomic E-state index is 12.1. The summed E-state index contributed by atoms with van der Waals surface area (Å²) in [6.07, 6.45) is 0.0193. The summed E-state index contributed by atoms with van der Waals surface area (Å²) in [7, 11) is 0. The molecule has 20 heavy (non-hydrogen) atoms. The first-order chi connectivity index (χ1) is 9.58. The van der Waals surface area contributed by atoms with Gasteiger partial charge in [0.1, 0.15) is 0 Å². The molecule has 0 fully saturated rings. The molecule has 2 rings (SSSR count). The molecule has 1 aromatic carbocycles. The van der Waals surface area contributed by atoms with Crippen molar-refractivity contribution in [3.63, 3.8) is 0 Å². The Hall–Kier alpha value is -1.65. The molecule has 1 heterocycles. The quantitative estimate of drug-likeness (QED) is 0.888. The molecule has 4 heteroatoms. The van der Waals surface area contributed by atoms with E-state index in [0.29, 0.717) is 18.5 Å². The Kier molecular flexibility index (Phi) is 4.93. The zero-order chi connectivity index (χ0) is 14.5. The number of benzene rings is 1. The second-order valence-corrected chi connectivity index (χ2v) is 5.87. The maximum Gasteiger partial charge on any atom is 0.251 e. The minimum absolute atomic E-state index is 0.0791. The molecule has 0 bridgehead atoms. The zero-order valence-corrected chi connectivity index (χ0v) is 12.5. The van der Waals surface area contributed by atoms with Crippen molar-refractivity contribution in [2.24, 2.45) is 0 Å². The monoisotopic (exact) mass is 289 g/mol. The molecule has 0 saturated heterocycles. The predicted octanol–water partition coefficient (Wildman–Crippen LogP) is 3.22. The summed E-state index contributed by atoms with van der Waals surface area (Å²) in [6.45, 7) is 4.36. The third-order valence-corrected chi connectivity index (χ3v) is 4.19. The van der Waals surface area contributed by atoms with Gasteiger partial charge < -0.3 is 10.4 Å². The number of amides is 1. The van der Waals surface area contributed by atoms with Crippen LogP contribution in [0.5, 0.6) is 0 Å². The van der Waals surface area contributed by atoms with Crippen LogP contribution in [0.4, 0.5) is 0 Å². The van der Waals surface area contributed by atoms with E-state index in [4.69, 9.17) is 0 Å². The molecule has 0 aliphatic heterocycles. The van der Waals surface area contributed by atoms with Crippen molar-refractivity contribution in [1.29, 1.82) is 0 Å². The highest BCUT2D eigenvalue weighted by Gasteiger charge is 2.11. The van der Waals surface area contributed by atoms with Crippen molar-refractivity contribution in [3.05, 3.63) is 57.3 Å². The van der Waals surface area contributed by atoms with Gasteiger partial charge in [0.05, 0.1) is 6.10 Å². The molecule has 2 aromatic rings. The van der Waals surface area contributed by atoms with Crippen LogP contribution in [-0.4, -0.2) is 17.6 Å². The number of hydrogen-bond donors (Lipinski definition) is 2. The van der Waals surface area contributed by atoms with Crippen molar-refractivity contribution in [3.8, 4) is 0 Å². The molecular weight excluding hydrogens is 270 g/mol. The third-order valence-electron chi connectivity index (χ3n) is 3.21. The average Bonchev–Trinajstić information content (AvgIpc) is 2.95. The molecule has 3 nitrogen and oxygen atoms in total. The zero-order valence-electron chi connectivity index (χ0n) is 11.7. The first kappa shape index (κ1) is 14.8. The predicted molar refractivity (Wildman–Crippen MR) is 82.1 cm³/mol. The van der Waals surface area contributed by atoms with Crippen molar-refractivity contribution in [2.75, 3.05) is 6.54 Å². The van der Waals surface area contributed by atoms with Crippen LogP contribution in [0.15, 0.2) is 35.7 Å². The van der Waals surface area contributed by atoms with Crippen LogP contribution >= 0.6 is 11.3 Å². The Labute approximate surface area is 123 Å². The van der Waals surface area contributed by atoms with E-state index in [0.717, 1.165) is 16.0 Å². The average molecular weight is 289 g/mol. The van der Waals surface area contributed by atoms with Gasteiger partial charge in [-0.3, -0.25) is 4.79 Å². The van der Waals surface area contributed by atoms with Gasteiger partial charge in [0.25, 0.3) is 5.91 Å². The summed E-state index contributed by atoms with van der Waals surface area (Å²) in [5.74, 6) is -0.0791. The topological polar surface area (TPSA) is 49.3 Å². The number of carbonyl (C=O) groups excluding carboxylic acids is 1. The van der Waals surface area contributed by atoms with Gasteiger partial charge >= 0.3 is 0 Å². The SMILES string of the molecule is Cc1ccc(C)c(C(=O)NCC[C@H](O)c2cccs2)c1.